The van der Waals surface area contributed by atoms with Gasteiger partial charge in [-0.05, 0) is 74.9 Å². The molecule has 1 amide bonds. The highest BCUT2D eigenvalue weighted by molar-refractivity contribution is 8.00. The van der Waals surface area contributed by atoms with Crippen molar-refractivity contribution in [1.29, 1.82) is 0 Å². The monoisotopic (exact) mass is 505 g/mol. The number of amides is 1. The number of ketones is 1. The van der Waals surface area contributed by atoms with Gasteiger partial charge < -0.3 is 5.32 Å². The molecule has 1 aliphatic carbocycles. The quantitative estimate of drug-likeness (QED) is 0.241. The molecule has 0 spiro atoms. The molecule has 2 aromatic carbocycles. The van der Waals surface area contributed by atoms with E-state index in [1.165, 1.54) is 11.8 Å². The number of benzene rings is 2. The second-order valence-electron chi connectivity index (χ2n) is 10.3. The van der Waals surface area contributed by atoms with E-state index in [4.69, 9.17) is 4.98 Å². The number of carbonyl (C=O) groups is 2. The maximum atomic E-state index is 13.5. The molecule has 3 aromatic rings. The fraction of sp³-hybridized carbons (Fsp3) is 0.448. The molecule has 1 fully saturated rings. The van der Waals surface area contributed by atoms with Gasteiger partial charge in [0.25, 0.3) is 11.5 Å². The first-order chi connectivity index (χ1) is 17.1. The van der Waals surface area contributed by atoms with Crippen LogP contribution in [0, 0.1) is 19.8 Å². The SMILES string of the molecule is Cc1ccc(C(=O)[C@@H](C)Sc2nc3cc(C(=O)NC4CCCC4)ccc3c(=O)n2CC(C)C)cc1C. The topological polar surface area (TPSA) is 81.1 Å². The number of rotatable bonds is 8. The summed E-state index contributed by atoms with van der Waals surface area (Å²) in [6.07, 6.45) is 4.29. The first-order valence-corrected chi connectivity index (χ1v) is 13.7. The number of aryl methyl sites for hydroxylation is 2. The van der Waals surface area contributed by atoms with Crippen molar-refractivity contribution in [2.75, 3.05) is 0 Å². The second kappa shape index (κ2) is 11.0. The molecule has 0 radical (unpaired) electrons. The van der Waals surface area contributed by atoms with Gasteiger partial charge >= 0.3 is 0 Å². The summed E-state index contributed by atoms with van der Waals surface area (Å²) < 4.78 is 1.67. The molecule has 0 bridgehead atoms. The van der Waals surface area contributed by atoms with Gasteiger partial charge in [-0.25, -0.2) is 4.98 Å². The van der Waals surface area contributed by atoms with Gasteiger partial charge in [-0.2, -0.15) is 0 Å². The van der Waals surface area contributed by atoms with E-state index in [1.807, 2.05) is 52.8 Å². The summed E-state index contributed by atoms with van der Waals surface area (Å²) in [6.45, 7) is 10.5. The molecule has 6 nitrogen and oxygen atoms in total. The average molecular weight is 506 g/mol. The van der Waals surface area contributed by atoms with E-state index >= 15 is 0 Å². The van der Waals surface area contributed by atoms with Crippen LogP contribution < -0.4 is 10.9 Å². The van der Waals surface area contributed by atoms with Gasteiger partial charge in [0.15, 0.2) is 10.9 Å². The molecule has 1 atom stereocenters. The highest BCUT2D eigenvalue weighted by Crippen LogP contribution is 2.27. The fourth-order valence-corrected chi connectivity index (χ4v) is 5.63. The predicted molar refractivity (Wildman–Crippen MR) is 146 cm³/mol. The molecule has 190 valence electrons. The van der Waals surface area contributed by atoms with Crippen LogP contribution in [0.2, 0.25) is 0 Å². The Balaban J connectivity index is 1.68. The van der Waals surface area contributed by atoms with Gasteiger partial charge in [0, 0.05) is 23.7 Å². The van der Waals surface area contributed by atoms with Crippen LogP contribution >= 0.6 is 11.8 Å². The molecule has 1 heterocycles. The molecular formula is C29H35N3O3S. The van der Waals surface area contributed by atoms with Crippen molar-refractivity contribution in [2.45, 2.75) is 83.3 Å². The van der Waals surface area contributed by atoms with Crippen molar-refractivity contribution in [3.63, 3.8) is 0 Å². The van der Waals surface area contributed by atoms with Gasteiger partial charge in [0.2, 0.25) is 0 Å². The maximum absolute atomic E-state index is 13.5. The van der Waals surface area contributed by atoms with Gasteiger partial charge in [-0.1, -0.05) is 50.6 Å². The molecule has 36 heavy (non-hydrogen) atoms. The third kappa shape index (κ3) is 5.72. The Morgan fingerprint density at radius 2 is 1.72 bits per heavy atom. The fourth-order valence-electron chi connectivity index (χ4n) is 4.64. The second-order valence-corrected chi connectivity index (χ2v) is 11.6. The Hall–Kier alpha value is -2.93. The van der Waals surface area contributed by atoms with E-state index in [2.05, 4.69) is 5.32 Å². The number of thioether (sulfide) groups is 1. The first kappa shape index (κ1) is 26.1. The number of nitrogens with zero attached hydrogens (tertiary/aromatic N) is 2. The van der Waals surface area contributed by atoms with E-state index in [9.17, 15) is 14.4 Å². The number of carbonyl (C=O) groups excluding carboxylic acids is 2. The van der Waals surface area contributed by atoms with Crippen molar-refractivity contribution >= 4 is 34.4 Å². The van der Waals surface area contributed by atoms with Crippen molar-refractivity contribution in [3.8, 4) is 0 Å². The number of hydrogen-bond donors (Lipinski definition) is 1. The van der Waals surface area contributed by atoms with Gasteiger partial charge in [0.1, 0.15) is 0 Å². The van der Waals surface area contributed by atoms with Crippen LogP contribution in [0.25, 0.3) is 10.9 Å². The smallest absolute Gasteiger partial charge is 0.262 e. The number of hydrogen-bond acceptors (Lipinski definition) is 5. The summed E-state index contributed by atoms with van der Waals surface area (Å²) in [5, 5.41) is 3.65. The largest absolute Gasteiger partial charge is 0.349 e. The van der Waals surface area contributed by atoms with E-state index < -0.39 is 5.25 Å². The van der Waals surface area contributed by atoms with Crippen molar-refractivity contribution in [1.82, 2.24) is 14.9 Å². The summed E-state index contributed by atoms with van der Waals surface area (Å²) in [7, 11) is 0. The lowest BCUT2D eigenvalue weighted by molar-refractivity contribution is 0.0937. The minimum absolute atomic E-state index is 0.00163. The van der Waals surface area contributed by atoms with Crippen LogP contribution in [0.3, 0.4) is 0 Å². The van der Waals surface area contributed by atoms with Crippen LogP contribution in [0.5, 0.6) is 0 Å². The molecular weight excluding hydrogens is 470 g/mol. The van der Waals surface area contributed by atoms with Crippen LogP contribution in [-0.2, 0) is 6.54 Å². The van der Waals surface area contributed by atoms with E-state index in [0.717, 1.165) is 36.8 Å². The van der Waals surface area contributed by atoms with Crippen LogP contribution in [-0.4, -0.2) is 32.5 Å². The Morgan fingerprint density at radius 3 is 2.39 bits per heavy atom. The van der Waals surface area contributed by atoms with Crippen molar-refractivity contribution in [2.24, 2.45) is 5.92 Å². The third-order valence-electron chi connectivity index (χ3n) is 6.86. The zero-order chi connectivity index (χ0) is 26.0. The third-order valence-corrected chi connectivity index (χ3v) is 7.95. The van der Waals surface area contributed by atoms with E-state index in [0.29, 0.717) is 33.7 Å². The normalized spacial score (nSPS) is 14.9. The zero-order valence-electron chi connectivity index (χ0n) is 21.8. The molecule has 0 saturated heterocycles. The lowest BCUT2D eigenvalue weighted by Gasteiger charge is -2.18. The summed E-state index contributed by atoms with van der Waals surface area (Å²) in [4.78, 5) is 44.3. The van der Waals surface area contributed by atoms with Gasteiger partial charge in [0.05, 0.1) is 16.2 Å². The summed E-state index contributed by atoms with van der Waals surface area (Å²) in [5.41, 5.74) is 3.70. The number of nitrogens with one attached hydrogen (secondary N) is 1. The van der Waals surface area contributed by atoms with Crippen molar-refractivity contribution in [3.05, 3.63) is 69.0 Å². The Bertz CT molecular complexity index is 1360. The van der Waals surface area contributed by atoms with Crippen LogP contribution in [0.4, 0.5) is 0 Å². The van der Waals surface area contributed by atoms with Crippen LogP contribution in [0.1, 0.15) is 78.3 Å². The van der Waals surface area contributed by atoms with Gasteiger partial charge in [-0.15, -0.1) is 0 Å². The highest BCUT2D eigenvalue weighted by Gasteiger charge is 2.23. The maximum Gasteiger partial charge on any atom is 0.262 e. The number of aromatic nitrogens is 2. The van der Waals surface area contributed by atoms with Gasteiger partial charge in [-0.3, -0.25) is 19.0 Å². The minimum atomic E-state index is -0.427. The molecule has 1 saturated carbocycles. The predicted octanol–water partition coefficient (Wildman–Crippen LogP) is 5.71. The standard InChI is InChI=1S/C29H35N3O3S/c1-17(2)16-32-28(35)24-13-12-22(27(34)30-23-8-6-7-9-23)15-25(24)31-29(32)36-20(5)26(33)21-11-10-18(3)19(4)14-21/h10-15,17,20,23H,6-9,16H2,1-5H3,(H,30,34)/t20-/m1/s1. The average Bonchev–Trinajstić information content (AvgIpc) is 3.35. The number of fused-ring (bicyclic) bond motifs is 1. The molecule has 1 aliphatic rings. The minimum Gasteiger partial charge on any atom is -0.349 e. The van der Waals surface area contributed by atoms with Crippen molar-refractivity contribution < 1.29 is 9.59 Å². The molecule has 0 aliphatic heterocycles. The zero-order valence-corrected chi connectivity index (χ0v) is 22.6. The van der Waals surface area contributed by atoms with E-state index in [1.54, 1.807) is 22.8 Å². The Morgan fingerprint density at radius 1 is 1.03 bits per heavy atom. The highest BCUT2D eigenvalue weighted by atomic mass is 32.2. The summed E-state index contributed by atoms with van der Waals surface area (Å²) >= 11 is 1.30. The molecule has 4 rings (SSSR count). The number of Topliss-reactive ketones (excluding diaryl/α,β-unsaturated/α-hetero) is 1. The molecule has 7 heteroatoms. The molecule has 1 N–H and O–H groups in total. The first-order valence-electron chi connectivity index (χ1n) is 12.8. The van der Waals surface area contributed by atoms with Crippen LogP contribution in [0.15, 0.2) is 46.3 Å². The molecule has 1 aromatic heterocycles. The molecule has 0 unspecified atom stereocenters. The summed E-state index contributed by atoms with van der Waals surface area (Å²) in [5.74, 6) is 0.0891. The lowest BCUT2D eigenvalue weighted by atomic mass is 10.0. The van der Waals surface area contributed by atoms with E-state index in [-0.39, 0.29) is 29.2 Å². The lowest BCUT2D eigenvalue weighted by Crippen LogP contribution is -2.32. The summed E-state index contributed by atoms with van der Waals surface area (Å²) in [6, 6.07) is 11.0. The Kier molecular flexibility index (Phi) is 7.98. The Labute approximate surface area is 216 Å².